The number of alkyl halides is 3. The first kappa shape index (κ1) is 11.3. The highest BCUT2D eigenvalue weighted by atomic mass is 19.4. The Morgan fingerprint density at radius 1 is 1.19 bits per heavy atom. The van der Waals surface area contributed by atoms with Gasteiger partial charge in [0.2, 0.25) is 0 Å². The van der Waals surface area contributed by atoms with Crippen molar-refractivity contribution in [3.8, 4) is 5.75 Å². The maximum atomic E-state index is 12.6. The molecule has 16 heavy (non-hydrogen) atoms. The summed E-state index contributed by atoms with van der Waals surface area (Å²) in [6.45, 7) is 0. The second-order valence-corrected chi connectivity index (χ2v) is 3.79. The highest BCUT2D eigenvalue weighted by Gasteiger charge is 2.37. The van der Waals surface area contributed by atoms with Crippen LogP contribution in [-0.2, 0) is 6.18 Å². The lowest BCUT2D eigenvalue weighted by molar-refractivity contribution is -0.140. The summed E-state index contributed by atoms with van der Waals surface area (Å²) in [5, 5.41) is 9.26. The Bertz CT molecular complexity index is 376. The van der Waals surface area contributed by atoms with Crippen LogP contribution >= 0.6 is 0 Å². The number of halogens is 3. The Balaban J connectivity index is 2.20. The molecule has 0 radical (unpaired) electrons. The Morgan fingerprint density at radius 3 is 2.38 bits per heavy atom. The number of para-hydroxylation sites is 1. The zero-order valence-corrected chi connectivity index (χ0v) is 8.37. The van der Waals surface area contributed by atoms with E-state index in [0.717, 1.165) is 6.07 Å². The summed E-state index contributed by atoms with van der Waals surface area (Å²) in [5.41, 5.74) is -0.797. The standard InChI is InChI=1S/C11H11F3O2/c12-11(13,14)7-3-1-2-4-9(7)16-10-6-5-8(10)15/h1-4,8,10,15H,5-6H2. The summed E-state index contributed by atoms with van der Waals surface area (Å²) >= 11 is 0. The summed E-state index contributed by atoms with van der Waals surface area (Å²) in [6, 6.07) is 5.04. The van der Waals surface area contributed by atoms with Gasteiger partial charge in [-0.2, -0.15) is 13.2 Å². The van der Waals surface area contributed by atoms with Gasteiger partial charge in [0, 0.05) is 0 Å². The third-order valence-corrected chi connectivity index (χ3v) is 2.65. The molecule has 1 N–H and O–H groups in total. The molecule has 0 aromatic heterocycles. The van der Waals surface area contributed by atoms with E-state index in [1.807, 2.05) is 0 Å². The molecule has 1 aromatic rings. The zero-order valence-electron chi connectivity index (χ0n) is 8.37. The molecule has 0 heterocycles. The van der Waals surface area contributed by atoms with Crippen LogP contribution in [0.4, 0.5) is 13.2 Å². The van der Waals surface area contributed by atoms with Crippen LogP contribution in [0.1, 0.15) is 18.4 Å². The minimum atomic E-state index is -4.43. The number of rotatable bonds is 2. The fourth-order valence-corrected chi connectivity index (χ4v) is 1.56. The van der Waals surface area contributed by atoms with Crippen molar-refractivity contribution in [2.24, 2.45) is 0 Å². The molecule has 88 valence electrons. The first-order valence-electron chi connectivity index (χ1n) is 4.99. The van der Waals surface area contributed by atoms with Gasteiger partial charge in [0.15, 0.2) is 0 Å². The van der Waals surface area contributed by atoms with E-state index in [1.54, 1.807) is 0 Å². The lowest BCUT2D eigenvalue weighted by atomic mass is 9.92. The van der Waals surface area contributed by atoms with Crippen LogP contribution in [0.15, 0.2) is 24.3 Å². The number of ether oxygens (including phenoxy) is 1. The van der Waals surface area contributed by atoms with Crippen LogP contribution in [-0.4, -0.2) is 17.3 Å². The summed E-state index contributed by atoms with van der Waals surface area (Å²) in [7, 11) is 0. The third kappa shape index (κ3) is 2.14. The smallest absolute Gasteiger partial charge is 0.419 e. The SMILES string of the molecule is OC1CCC1Oc1ccccc1C(F)(F)F. The quantitative estimate of drug-likeness (QED) is 0.849. The molecule has 0 bridgehead atoms. The fourth-order valence-electron chi connectivity index (χ4n) is 1.56. The molecule has 5 heteroatoms. The van der Waals surface area contributed by atoms with E-state index in [9.17, 15) is 18.3 Å². The van der Waals surface area contributed by atoms with Crippen LogP contribution < -0.4 is 4.74 Å². The molecular weight excluding hydrogens is 221 g/mol. The second-order valence-electron chi connectivity index (χ2n) is 3.79. The molecule has 2 nitrogen and oxygen atoms in total. The van der Waals surface area contributed by atoms with Gasteiger partial charge in [0.1, 0.15) is 11.9 Å². The fraction of sp³-hybridized carbons (Fsp3) is 0.455. The number of aliphatic hydroxyl groups excluding tert-OH is 1. The Hall–Kier alpha value is -1.23. The normalized spacial score (nSPS) is 25.0. The van der Waals surface area contributed by atoms with E-state index >= 15 is 0 Å². The monoisotopic (exact) mass is 232 g/mol. The minimum Gasteiger partial charge on any atom is -0.487 e. The zero-order chi connectivity index (χ0) is 11.8. The van der Waals surface area contributed by atoms with Crippen molar-refractivity contribution >= 4 is 0 Å². The summed E-state index contributed by atoms with van der Waals surface area (Å²) in [5.74, 6) is -0.209. The van der Waals surface area contributed by atoms with Gasteiger partial charge in [-0.25, -0.2) is 0 Å². The topological polar surface area (TPSA) is 29.5 Å². The van der Waals surface area contributed by atoms with Crippen molar-refractivity contribution in [1.82, 2.24) is 0 Å². The molecule has 1 fully saturated rings. The van der Waals surface area contributed by atoms with Gasteiger partial charge in [-0.3, -0.25) is 0 Å². The lowest BCUT2D eigenvalue weighted by Crippen LogP contribution is -2.41. The van der Waals surface area contributed by atoms with E-state index in [0.29, 0.717) is 12.8 Å². The van der Waals surface area contributed by atoms with E-state index < -0.39 is 23.9 Å². The summed E-state index contributed by atoms with van der Waals surface area (Å²) < 4.78 is 42.9. The summed E-state index contributed by atoms with van der Waals surface area (Å²) in [4.78, 5) is 0. The van der Waals surface area contributed by atoms with E-state index in [4.69, 9.17) is 4.74 Å². The van der Waals surface area contributed by atoms with Crippen molar-refractivity contribution in [3.05, 3.63) is 29.8 Å². The first-order chi connectivity index (χ1) is 7.48. The molecule has 1 aliphatic rings. The van der Waals surface area contributed by atoms with E-state index in [1.165, 1.54) is 18.2 Å². The Labute approximate surface area is 90.7 Å². The number of hydrogen-bond acceptors (Lipinski definition) is 2. The van der Waals surface area contributed by atoms with Crippen LogP contribution in [0.3, 0.4) is 0 Å². The summed E-state index contributed by atoms with van der Waals surface area (Å²) in [6.07, 6.45) is -4.41. The van der Waals surface area contributed by atoms with Crippen molar-refractivity contribution < 1.29 is 23.0 Å². The maximum Gasteiger partial charge on any atom is 0.419 e. The van der Waals surface area contributed by atoms with Crippen LogP contribution in [0.2, 0.25) is 0 Å². The van der Waals surface area contributed by atoms with Crippen molar-refractivity contribution in [1.29, 1.82) is 0 Å². The molecule has 0 amide bonds. The van der Waals surface area contributed by atoms with E-state index in [-0.39, 0.29) is 5.75 Å². The van der Waals surface area contributed by atoms with Crippen molar-refractivity contribution in [2.45, 2.75) is 31.2 Å². The van der Waals surface area contributed by atoms with Gasteiger partial charge in [-0.1, -0.05) is 12.1 Å². The van der Waals surface area contributed by atoms with Gasteiger partial charge < -0.3 is 9.84 Å². The predicted octanol–water partition coefficient (Wildman–Crippen LogP) is 2.61. The highest BCUT2D eigenvalue weighted by Crippen LogP contribution is 2.37. The average molecular weight is 232 g/mol. The van der Waals surface area contributed by atoms with Gasteiger partial charge in [-0.15, -0.1) is 0 Å². The van der Waals surface area contributed by atoms with Gasteiger partial charge in [-0.05, 0) is 25.0 Å². The molecular formula is C11H11F3O2. The highest BCUT2D eigenvalue weighted by molar-refractivity contribution is 5.35. The third-order valence-electron chi connectivity index (χ3n) is 2.65. The molecule has 1 saturated carbocycles. The minimum absolute atomic E-state index is 0.209. The molecule has 0 saturated heterocycles. The predicted molar refractivity (Wildman–Crippen MR) is 51.1 cm³/mol. The molecule has 1 aromatic carbocycles. The maximum absolute atomic E-state index is 12.6. The molecule has 2 rings (SSSR count). The number of aliphatic hydroxyl groups is 1. The van der Waals surface area contributed by atoms with E-state index in [2.05, 4.69) is 0 Å². The van der Waals surface area contributed by atoms with Crippen molar-refractivity contribution in [2.75, 3.05) is 0 Å². The molecule has 2 unspecified atom stereocenters. The van der Waals surface area contributed by atoms with Crippen LogP contribution in [0, 0.1) is 0 Å². The number of benzene rings is 1. The van der Waals surface area contributed by atoms with Crippen LogP contribution in [0.25, 0.3) is 0 Å². The second kappa shape index (κ2) is 3.97. The largest absolute Gasteiger partial charge is 0.487 e. The molecule has 2 atom stereocenters. The van der Waals surface area contributed by atoms with Crippen LogP contribution in [0.5, 0.6) is 5.75 Å². The lowest BCUT2D eigenvalue weighted by Gasteiger charge is -2.33. The first-order valence-corrected chi connectivity index (χ1v) is 4.99. The van der Waals surface area contributed by atoms with Gasteiger partial charge >= 0.3 is 6.18 Å². The number of hydrogen-bond donors (Lipinski definition) is 1. The Morgan fingerprint density at radius 2 is 1.88 bits per heavy atom. The molecule has 0 aliphatic heterocycles. The van der Waals surface area contributed by atoms with Gasteiger partial charge in [0.25, 0.3) is 0 Å². The molecule has 0 spiro atoms. The Kier molecular flexibility index (Phi) is 2.80. The van der Waals surface area contributed by atoms with Crippen molar-refractivity contribution in [3.63, 3.8) is 0 Å². The van der Waals surface area contributed by atoms with Gasteiger partial charge in [0.05, 0.1) is 11.7 Å². The average Bonchev–Trinajstić information content (AvgIpc) is 2.23. The molecule has 1 aliphatic carbocycles.